The van der Waals surface area contributed by atoms with Crippen molar-refractivity contribution in [3.63, 3.8) is 0 Å². The van der Waals surface area contributed by atoms with Gasteiger partial charge < -0.3 is 33.5 Å². The Hall–Kier alpha value is -4.36. The molecule has 3 saturated carbocycles. The molecule has 13 nitrogen and oxygen atoms in total. The smallest absolute Gasteiger partial charge is 0.331 e. The molecule has 1 aromatic carbocycles. The van der Waals surface area contributed by atoms with Gasteiger partial charge in [0.25, 0.3) is 0 Å². The molecule has 1 heterocycles. The third-order valence-electron chi connectivity index (χ3n) is 11.3. The number of esters is 5. The summed E-state index contributed by atoms with van der Waals surface area (Å²) in [5, 5.41) is 13.0. The van der Waals surface area contributed by atoms with E-state index in [4.69, 9.17) is 28.4 Å². The summed E-state index contributed by atoms with van der Waals surface area (Å²) in [4.78, 5) is 78.9. The predicted octanol–water partition coefficient (Wildman–Crippen LogP) is 3.05. The van der Waals surface area contributed by atoms with Gasteiger partial charge in [0, 0.05) is 63.9 Å². The fourth-order valence-corrected chi connectivity index (χ4v) is 8.98. The first-order valence-corrected chi connectivity index (χ1v) is 16.5. The zero-order valence-corrected chi connectivity index (χ0v) is 29.3. The van der Waals surface area contributed by atoms with Gasteiger partial charge in [-0.25, -0.2) is 4.79 Å². The summed E-state index contributed by atoms with van der Waals surface area (Å²) in [7, 11) is 0. The van der Waals surface area contributed by atoms with Crippen molar-refractivity contribution in [2.75, 3.05) is 6.61 Å². The first-order chi connectivity index (χ1) is 23.3. The van der Waals surface area contributed by atoms with E-state index in [0.29, 0.717) is 0 Å². The van der Waals surface area contributed by atoms with Crippen LogP contribution in [0.15, 0.2) is 48.6 Å². The Bertz CT molecular complexity index is 1630. The number of ketones is 1. The van der Waals surface area contributed by atoms with Crippen LogP contribution in [0.5, 0.6) is 0 Å². The van der Waals surface area contributed by atoms with Crippen molar-refractivity contribution in [2.24, 2.45) is 22.7 Å². The van der Waals surface area contributed by atoms with Gasteiger partial charge in [0.1, 0.15) is 23.9 Å². The Kier molecular flexibility index (Phi) is 9.65. The number of hydrogen-bond acceptors (Lipinski definition) is 13. The maximum Gasteiger partial charge on any atom is 0.331 e. The lowest BCUT2D eigenvalue weighted by atomic mass is 9.44. The van der Waals surface area contributed by atoms with Gasteiger partial charge in [-0.1, -0.05) is 50.8 Å². The highest BCUT2D eigenvalue weighted by Gasteiger charge is 2.82. The largest absolute Gasteiger partial charge is 0.462 e. The number of rotatable bonds is 7. The normalized spacial score (nSPS) is 39.0. The number of ether oxygens (including phenoxy) is 6. The molecule has 1 N–H and O–H groups in total. The number of hydrogen-bond donors (Lipinski definition) is 1. The SMILES string of the molecule is C=C1[C@@H]2[C@@H](OC(C)=O)[C@H]3CC(=O)[C@@]4(C)OC[C@@]3(C)[C@@]4(O)[C@H](OC(C)=O)[C@@H](OC(C)=O)[C@@]2(C)[C@H](OC(C)=O)C[C@H]1OC(=O)/C=C/c1ccccc1. The minimum atomic E-state index is -2.36. The molecule has 50 heavy (non-hydrogen) atoms. The van der Waals surface area contributed by atoms with Crippen molar-refractivity contribution >= 4 is 41.7 Å². The maximum atomic E-state index is 14.1. The van der Waals surface area contributed by atoms with Crippen LogP contribution in [0.1, 0.15) is 66.9 Å². The van der Waals surface area contributed by atoms with E-state index in [1.54, 1.807) is 44.2 Å². The van der Waals surface area contributed by atoms with Crippen LogP contribution in [0.4, 0.5) is 0 Å². The lowest BCUT2D eigenvalue weighted by Crippen LogP contribution is -2.80. The van der Waals surface area contributed by atoms with Gasteiger partial charge in [-0.2, -0.15) is 0 Å². The summed E-state index contributed by atoms with van der Waals surface area (Å²) >= 11 is 0. The summed E-state index contributed by atoms with van der Waals surface area (Å²) in [5.74, 6) is -6.69. The Morgan fingerprint density at radius 3 is 2.02 bits per heavy atom. The highest BCUT2D eigenvalue weighted by molar-refractivity contribution is 5.91. The van der Waals surface area contributed by atoms with E-state index in [9.17, 15) is 33.9 Å². The molecule has 1 aliphatic heterocycles. The number of benzene rings is 1. The van der Waals surface area contributed by atoms with Gasteiger partial charge in [0.15, 0.2) is 23.6 Å². The molecule has 1 aromatic rings. The summed E-state index contributed by atoms with van der Waals surface area (Å²) < 4.78 is 35.9. The monoisotopic (exact) mass is 696 g/mol. The standard InChI is InChI=1S/C37H44O13/c1-19-26(50-29(43)15-14-24-12-10-9-11-13-24)17-28(46-20(2)38)35(7)30(19)31(47-21(3)39)25-16-27(42)36(8)37(44,34(25,6)18-45-36)33(49-23(5)41)32(35)48-22(4)40/h9-15,25-26,28,30-33,44H,1,16-18H2,2-8H3/b15-14+/t25-,26-,28-,30-,31+,32-,33-,34-,35+,36-,37+/m1/s1. The van der Waals surface area contributed by atoms with E-state index >= 15 is 0 Å². The highest BCUT2D eigenvalue weighted by atomic mass is 16.6. The van der Waals surface area contributed by atoms with Crippen LogP contribution in [-0.2, 0) is 57.2 Å². The van der Waals surface area contributed by atoms with Crippen LogP contribution in [0, 0.1) is 22.7 Å². The topological polar surface area (TPSA) is 178 Å². The quantitative estimate of drug-likeness (QED) is 0.191. The Morgan fingerprint density at radius 2 is 1.44 bits per heavy atom. The van der Waals surface area contributed by atoms with Crippen LogP contribution in [-0.4, -0.2) is 89.1 Å². The molecule has 0 spiro atoms. The van der Waals surface area contributed by atoms with Gasteiger partial charge in [0.05, 0.1) is 12.0 Å². The van der Waals surface area contributed by atoms with Crippen LogP contribution >= 0.6 is 0 Å². The summed E-state index contributed by atoms with van der Waals surface area (Å²) in [6, 6.07) is 9.03. The fraction of sp³-hybridized carbons (Fsp3) is 0.568. The third kappa shape index (κ3) is 5.73. The summed E-state index contributed by atoms with van der Waals surface area (Å²) in [6.45, 7) is 13.3. The van der Waals surface area contributed by atoms with Crippen LogP contribution in [0.3, 0.4) is 0 Å². The molecule has 3 aliphatic carbocycles. The molecule has 11 atom stereocenters. The predicted molar refractivity (Wildman–Crippen MR) is 173 cm³/mol. The van der Waals surface area contributed by atoms with Crippen molar-refractivity contribution in [2.45, 2.75) is 103 Å². The molecule has 0 amide bonds. The van der Waals surface area contributed by atoms with E-state index in [2.05, 4.69) is 6.58 Å². The van der Waals surface area contributed by atoms with E-state index < -0.39 is 100 Å². The second-order valence-electron chi connectivity index (χ2n) is 14.3. The molecule has 0 unspecified atom stereocenters. The molecule has 13 heteroatoms. The minimum Gasteiger partial charge on any atom is -0.462 e. The molecule has 5 rings (SSSR count). The molecular formula is C37H44O13. The van der Waals surface area contributed by atoms with E-state index in [1.807, 2.05) is 6.07 Å². The fourth-order valence-electron chi connectivity index (χ4n) is 8.98. The van der Waals surface area contributed by atoms with Crippen molar-refractivity contribution in [1.29, 1.82) is 0 Å². The third-order valence-corrected chi connectivity index (χ3v) is 11.3. The van der Waals surface area contributed by atoms with Gasteiger partial charge >= 0.3 is 29.8 Å². The van der Waals surface area contributed by atoms with Gasteiger partial charge in [-0.15, -0.1) is 0 Å². The molecule has 0 radical (unpaired) electrons. The number of Topliss-reactive ketones (excluding diaryl/α,β-unsaturated/α-hetero) is 1. The molecule has 270 valence electrons. The highest BCUT2D eigenvalue weighted by Crippen LogP contribution is 2.67. The Morgan fingerprint density at radius 1 is 0.860 bits per heavy atom. The van der Waals surface area contributed by atoms with Crippen molar-refractivity contribution in [3.05, 3.63) is 54.1 Å². The molecule has 4 fully saturated rings. The zero-order chi connectivity index (χ0) is 37.0. The number of carbonyl (C=O) groups excluding carboxylic acids is 6. The average molecular weight is 697 g/mol. The van der Waals surface area contributed by atoms with Crippen LogP contribution in [0.25, 0.3) is 6.08 Å². The molecule has 1 saturated heterocycles. The molecular weight excluding hydrogens is 652 g/mol. The molecule has 0 aromatic heterocycles. The summed E-state index contributed by atoms with van der Waals surface area (Å²) in [6.07, 6.45) is -4.76. The summed E-state index contributed by atoms with van der Waals surface area (Å²) in [5.41, 5.74) is -6.51. The maximum absolute atomic E-state index is 14.1. The second-order valence-corrected chi connectivity index (χ2v) is 14.3. The Labute approximate surface area is 290 Å². The molecule has 4 bridgehead atoms. The lowest BCUT2D eigenvalue weighted by Gasteiger charge is -2.64. The van der Waals surface area contributed by atoms with Crippen LogP contribution in [0.2, 0.25) is 0 Å². The van der Waals surface area contributed by atoms with Crippen LogP contribution < -0.4 is 0 Å². The zero-order valence-electron chi connectivity index (χ0n) is 29.3. The van der Waals surface area contributed by atoms with Crippen molar-refractivity contribution in [3.8, 4) is 0 Å². The minimum absolute atomic E-state index is 0.194. The number of fused-ring (bicyclic) bond motifs is 1. The van der Waals surface area contributed by atoms with Gasteiger partial charge in [0.2, 0.25) is 0 Å². The van der Waals surface area contributed by atoms with Crippen molar-refractivity contribution < 1.29 is 62.3 Å². The first-order valence-electron chi connectivity index (χ1n) is 16.5. The first kappa shape index (κ1) is 36.9. The Balaban J connectivity index is 1.76. The lowest BCUT2D eigenvalue weighted by molar-refractivity contribution is -0.295. The second kappa shape index (κ2) is 13.1. The van der Waals surface area contributed by atoms with Gasteiger partial charge in [-0.05, 0) is 24.1 Å². The number of carbonyl (C=O) groups is 6. The van der Waals surface area contributed by atoms with Gasteiger partial charge in [-0.3, -0.25) is 24.0 Å². The van der Waals surface area contributed by atoms with Crippen molar-refractivity contribution in [1.82, 2.24) is 0 Å². The average Bonchev–Trinajstić information content (AvgIpc) is 3.17. The van der Waals surface area contributed by atoms with E-state index in [1.165, 1.54) is 26.8 Å². The molecule has 4 aliphatic rings. The van der Waals surface area contributed by atoms with E-state index in [-0.39, 0.29) is 25.0 Å². The number of aliphatic hydroxyl groups is 1. The van der Waals surface area contributed by atoms with E-state index in [0.717, 1.165) is 19.4 Å².